The van der Waals surface area contributed by atoms with Gasteiger partial charge in [0.1, 0.15) is 11.5 Å². The molecule has 0 radical (unpaired) electrons. The van der Waals surface area contributed by atoms with Gasteiger partial charge in [-0.25, -0.2) is 4.98 Å². The Bertz CT molecular complexity index is 932. The molecule has 0 aliphatic heterocycles. The Balaban J connectivity index is 1.95. The molecule has 3 aromatic rings. The number of fused-ring (bicyclic) bond motifs is 1. The van der Waals surface area contributed by atoms with Crippen LogP contribution in [-0.4, -0.2) is 43.0 Å². The van der Waals surface area contributed by atoms with E-state index in [0.717, 1.165) is 38.5 Å². The fraction of sp³-hybridized carbons (Fsp3) is 0.368. The number of thiazole rings is 1. The number of carbonyl (C=O) groups excluding carboxylic acids is 1. The van der Waals surface area contributed by atoms with E-state index in [1.807, 2.05) is 46.1 Å². The number of aromatic nitrogens is 1. The second-order valence-electron chi connectivity index (χ2n) is 6.55. The Morgan fingerprint density at radius 1 is 1.23 bits per heavy atom. The summed E-state index contributed by atoms with van der Waals surface area (Å²) in [7, 11) is 4.07. The second-order valence-corrected chi connectivity index (χ2v) is 8.47. The summed E-state index contributed by atoms with van der Waals surface area (Å²) >= 11 is 5.03. The minimum Gasteiger partial charge on any atom is -0.466 e. The minimum absolute atomic E-state index is 0.0590. The van der Waals surface area contributed by atoms with Crippen LogP contribution < -0.4 is 4.90 Å². The SMILES string of the molecule is Cc1cc(C(=O)N(CCCN(C)C)c2nc3ccc(Br)cc3s2)c(C)o1. The summed E-state index contributed by atoms with van der Waals surface area (Å²) < 4.78 is 7.62. The Labute approximate surface area is 165 Å². The summed E-state index contributed by atoms with van der Waals surface area (Å²) in [5.74, 6) is 1.33. The molecule has 0 saturated heterocycles. The molecular formula is C19H22BrN3O2S. The Kier molecular flexibility index (Phi) is 5.79. The molecule has 7 heteroatoms. The van der Waals surface area contributed by atoms with Crippen molar-refractivity contribution in [3.05, 3.63) is 45.8 Å². The maximum atomic E-state index is 13.2. The summed E-state index contributed by atoms with van der Waals surface area (Å²) in [6, 6.07) is 7.77. The summed E-state index contributed by atoms with van der Waals surface area (Å²) in [5, 5.41) is 0.722. The van der Waals surface area contributed by atoms with Crippen LogP contribution >= 0.6 is 27.3 Å². The van der Waals surface area contributed by atoms with Crippen molar-refractivity contribution >= 4 is 48.5 Å². The molecule has 0 aliphatic carbocycles. The van der Waals surface area contributed by atoms with Crippen molar-refractivity contribution in [2.24, 2.45) is 0 Å². The number of carbonyl (C=O) groups is 1. The smallest absolute Gasteiger partial charge is 0.263 e. The topological polar surface area (TPSA) is 49.6 Å². The molecule has 0 fully saturated rings. The summed E-state index contributed by atoms with van der Waals surface area (Å²) in [5.41, 5.74) is 1.51. The Hall–Kier alpha value is -1.70. The van der Waals surface area contributed by atoms with Crippen molar-refractivity contribution in [3.8, 4) is 0 Å². The average Bonchev–Trinajstić information content (AvgIpc) is 3.12. The molecule has 5 nitrogen and oxygen atoms in total. The van der Waals surface area contributed by atoms with Crippen LogP contribution in [0.1, 0.15) is 28.3 Å². The fourth-order valence-electron chi connectivity index (χ4n) is 2.82. The molecular weight excluding hydrogens is 414 g/mol. The highest BCUT2D eigenvalue weighted by Gasteiger charge is 2.24. The van der Waals surface area contributed by atoms with Gasteiger partial charge < -0.3 is 9.32 Å². The van der Waals surface area contributed by atoms with E-state index >= 15 is 0 Å². The molecule has 0 spiro atoms. The minimum atomic E-state index is -0.0590. The lowest BCUT2D eigenvalue weighted by molar-refractivity contribution is 0.0984. The lowest BCUT2D eigenvalue weighted by Gasteiger charge is -2.20. The van der Waals surface area contributed by atoms with Crippen LogP contribution in [0.5, 0.6) is 0 Å². The molecule has 0 saturated carbocycles. The predicted molar refractivity (Wildman–Crippen MR) is 110 cm³/mol. The van der Waals surface area contributed by atoms with Gasteiger partial charge in [-0.05, 0) is 65.2 Å². The quantitative estimate of drug-likeness (QED) is 0.554. The first-order valence-corrected chi connectivity index (χ1v) is 10.1. The number of anilines is 1. The zero-order valence-electron chi connectivity index (χ0n) is 15.4. The van der Waals surface area contributed by atoms with Crippen molar-refractivity contribution in [1.29, 1.82) is 0 Å². The lowest BCUT2D eigenvalue weighted by atomic mass is 10.2. The van der Waals surface area contributed by atoms with E-state index < -0.39 is 0 Å². The second kappa shape index (κ2) is 7.90. The number of nitrogens with zero attached hydrogens (tertiary/aromatic N) is 3. The highest BCUT2D eigenvalue weighted by molar-refractivity contribution is 9.10. The number of amides is 1. The molecule has 2 aromatic heterocycles. The molecule has 0 bridgehead atoms. The van der Waals surface area contributed by atoms with Crippen molar-refractivity contribution < 1.29 is 9.21 Å². The van der Waals surface area contributed by atoms with Crippen molar-refractivity contribution in [2.45, 2.75) is 20.3 Å². The summed E-state index contributed by atoms with van der Waals surface area (Å²) in [6.45, 7) is 5.20. The maximum absolute atomic E-state index is 13.2. The van der Waals surface area contributed by atoms with Crippen LogP contribution in [0.15, 0.2) is 33.2 Å². The molecule has 0 unspecified atom stereocenters. The van der Waals surface area contributed by atoms with E-state index in [1.54, 1.807) is 11.0 Å². The monoisotopic (exact) mass is 435 g/mol. The molecule has 1 amide bonds. The zero-order valence-corrected chi connectivity index (χ0v) is 17.8. The molecule has 3 rings (SSSR count). The fourth-order valence-corrected chi connectivity index (χ4v) is 4.36. The Morgan fingerprint density at radius 2 is 2.00 bits per heavy atom. The number of halogens is 1. The first-order valence-electron chi connectivity index (χ1n) is 8.45. The van der Waals surface area contributed by atoms with Gasteiger partial charge in [-0.3, -0.25) is 9.69 Å². The number of hydrogen-bond acceptors (Lipinski definition) is 5. The third-order valence-corrected chi connectivity index (χ3v) is 5.61. The molecule has 0 N–H and O–H groups in total. The van der Waals surface area contributed by atoms with E-state index in [-0.39, 0.29) is 5.91 Å². The van der Waals surface area contributed by atoms with Gasteiger partial charge >= 0.3 is 0 Å². The van der Waals surface area contributed by atoms with Crippen LogP contribution in [0.4, 0.5) is 5.13 Å². The number of rotatable bonds is 6. The van der Waals surface area contributed by atoms with Gasteiger partial charge in [0.05, 0.1) is 15.8 Å². The number of aryl methyl sites for hydroxylation is 2. The molecule has 1 aromatic carbocycles. The molecule has 2 heterocycles. The zero-order chi connectivity index (χ0) is 18.8. The molecule has 0 atom stereocenters. The van der Waals surface area contributed by atoms with Gasteiger partial charge in [-0.2, -0.15) is 0 Å². The number of hydrogen-bond donors (Lipinski definition) is 0. The van der Waals surface area contributed by atoms with E-state index in [0.29, 0.717) is 17.9 Å². The van der Waals surface area contributed by atoms with Crippen molar-refractivity contribution in [2.75, 3.05) is 32.1 Å². The third kappa shape index (κ3) is 4.16. The van der Waals surface area contributed by atoms with Gasteiger partial charge in [0.2, 0.25) is 0 Å². The van der Waals surface area contributed by atoms with Crippen LogP contribution in [0, 0.1) is 13.8 Å². The standard InChI is InChI=1S/C19H22BrN3O2S/c1-12-10-15(13(2)25-12)18(24)23(9-5-8-22(3)4)19-21-16-7-6-14(20)11-17(16)26-19/h6-7,10-11H,5,8-9H2,1-4H3. The maximum Gasteiger partial charge on any atom is 0.263 e. The predicted octanol–water partition coefficient (Wildman–Crippen LogP) is 4.87. The van der Waals surface area contributed by atoms with Gasteiger partial charge in [0.25, 0.3) is 5.91 Å². The lowest BCUT2D eigenvalue weighted by Crippen LogP contribution is -2.33. The van der Waals surface area contributed by atoms with Crippen LogP contribution in [-0.2, 0) is 0 Å². The van der Waals surface area contributed by atoms with Gasteiger partial charge in [-0.15, -0.1) is 0 Å². The van der Waals surface area contributed by atoms with Gasteiger partial charge in [0, 0.05) is 11.0 Å². The highest BCUT2D eigenvalue weighted by Crippen LogP contribution is 2.32. The highest BCUT2D eigenvalue weighted by atomic mass is 79.9. The van der Waals surface area contributed by atoms with Crippen LogP contribution in [0.25, 0.3) is 10.2 Å². The van der Waals surface area contributed by atoms with Crippen molar-refractivity contribution in [1.82, 2.24) is 9.88 Å². The first-order chi connectivity index (χ1) is 12.3. The van der Waals surface area contributed by atoms with Crippen LogP contribution in [0.3, 0.4) is 0 Å². The van der Waals surface area contributed by atoms with Crippen LogP contribution in [0.2, 0.25) is 0 Å². The molecule has 26 heavy (non-hydrogen) atoms. The van der Waals surface area contributed by atoms with Gasteiger partial charge in [-0.1, -0.05) is 27.3 Å². The number of benzene rings is 1. The van der Waals surface area contributed by atoms with E-state index in [2.05, 4.69) is 20.8 Å². The Morgan fingerprint density at radius 3 is 2.65 bits per heavy atom. The summed E-state index contributed by atoms with van der Waals surface area (Å²) in [6.07, 6.45) is 0.869. The van der Waals surface area contributed by atoms with Crippen molar-refractivity contribution in [3.63, 3.8) is 0 Å². The number of furan rings is 1. The average molecular weight is 436 g/mol. The van der Waals surface area contributed by atoms with E-state index in [1.165, 1.54) is 11.3 Å². The molecule has 0 aliphatic rings. The first kappa shape index (κ1) is 19.1. The third-order valence-electron chi connectivity index (χ3n) is 4.07. The van der Waals surface area contributed by atoms with Gasteiger partial charge in [0.15, 0.2) is 5.13 Å². The molecule has 138 valence electrons. The van der Waals surface area contributed by atoms with E-state index in [4.69, 9.17) is 9.40 Å². The van der Waals surface area contributed by atoms with E-state index in [9.17, 15) is 4.79 Å². The summed E-state index contributed by atoms with van der Waals surface area (Å²) in [4.78, 5) is 21.8. The largest absolute Gasteiger partial charge is 0.466 e. The normalized spacial score (nSPS) is 11.5.